The van der Waals surface area contributed by atoms with Crippen molar-refractivity contribution in [3.63, 3.8) is 0 Å². The molecule has 0 aliphatic carbocycles. The van der Waals surface area contributed by atoms with Gasteiger partial charge in [0.1, 0.15) is 5.75 Å². The molecule has 0 bridgehead atoms. The lowest BCUT2D eigenvalue weighted by Crippen LogP contribution is -2.10. The van der Waals surface area contributed by atoms with Crippen molar-refractivity contribution in [1.29, 1.82) is 0 Å². The highest BCUT2D eigenvalue weighted by Crippen LogP contribution is 2.44. The summed E-state index contributed by atoms with van der Waals surface area (Å²) >= 11 is 0. The van der Waals surface area contributed by atoms with Gasteiger partial charge in [0, 0.05) is 0 Å². The van der Waals surface area contributed by atoms with E-state index in [4.69, 9.17) is 4.52 Å². The Morgan fingerprint density at radius 1 is 0.800 bits per heavy atom. The summed E-state index contributed by atoms with van der Waals surface area (Å²) in [6.45, 7) is 5.81. The Hall–Kier alpha value is -2.20. The van der Waals surface area contributed by atoms with Gasteiger partial charge >= 0.3 is 15.2 Å². The van der Waals surface area contributed by atoms with Gasteiger partial charge in [-0.25, -0.2) is 4.57 Å². The van der Waals surface area contributed by atoms with Gasteiger partial charge in [0.15, 0.2) is 0 Å². The van der Waals surface area contributed by atoms with Crippen LogP contribution in [0.2, 0.25) is 0 Å². The van der Waals surface area contributed by atoms with Crippen LogP contribution in [0.5, 0.6) is 5.75 Å². The molecule has 0 saturated heterocycles. The van der Waals surface area contributed by atoms with Crippen LogP contribution in [0, 0.1) is 13.8 Å². The zero-order valence-electron chi connectivity index (χ0n) is 16.9. The molecule has 3 aromatic rings. The highest BCUT2D eigenvalue weighted by atomic mass is 31.2. The van der Waals surface area contributed by atoms with Crippen molar-refractivity contribution in [2.45, 2.75) is 27.2 Å². The molecule has 0 radical (unpaired) electrons. The van der Waals surface area contributed by atoms with Crippen LogP contribution in [-0.2, 0) is 15.6 Å². The molecular formula is C22H24O6P2. The van der Waals surface area contributed by atoms with E-state index < -0.39 is 15.2 Å². The molecule has 3 N–H and O–H groups in total. The van der Waals surface area contributed by atoms with Crippen LogP contribution >= 0.6 is 15.2 Å². The molecule has 0 saturated carbocycles. The fourth-order valence-corrected chi connectivity index (χ4v) is 4.70. The van der Waals surface area contributed by atoms with E-state index in [0.29, 0.717) is 5.75 Å². The Balaban J connectivity index is 1.86. The molecule has 158 valence electrons. The normalized spacial score (nSPS) is 13.7. The summed E-state index contributed by atoms with van der Waals surface area (Å²) in [5.41, 5.74) is 4.33. The first kappa shape index (κ1) is 22.5. The summed E-state index contributed by atoms with van der Waals surface area (Å²) in [7, 11) is -8.38. The van der Waals surface area contributed by atoms with E-state index in [1.807, 2.05) is 26.8 Å². The van der Waals surface area contributed by atoms with Crippen molar-refractivity contribution < 1.29 is 28.3 Å². The number of hydrogen-bond donors (Lipinski definition) is 3. The molecular weight excluding hydrogens is 422 g/mol. The quantitative estimate of drug-likeness (QED) is 0.490. The Labute approximate surface area is 175 Å². The summed E-state index contributed by atoms with van der Waals surface area (Å²) in [6.07, 6.45) is 0.794. The van der Waals surface area contributed by atoms with E-state index in [0.717, 1.165) is 34.2 Å². The van der Waals surface area contributed by atoms with E-state index in [9.17, 15) is 23.8 Å². The predicted molar refractivity (Wildman–Crippen MR) is 119 cm³/mol. The summed E-state index contributed by atoms with van der Waals surface area (Å²) in [5.74, 6) is 0.398. The Kier molecular flexibility index (Phi) is 6.37. The van der Waals surface area contributed by atoms with Gasteiger partial charge in [-0.15, -0.1) is 0 Å². The van der Waals surface area contributed by atoms with Crippen molar-refractivity contribution in [1.82, 2.24) is 0 Å². The van der Waals surface area contributed by atoms with Gasteiger partial charge in [0.05, 0.1) is 10.6 Å². The lowest BCUT2D eigenvalue weighted by molar-refractivity contribution is 0.386. The largest absolute Gasteiger partial charge is 0.421 e. The molecule has 0 aliphatic heterocycles. The van der Waals surface area contributed by atoms with E-state index in [1.165, 1.54) is 24.3 Å². The van der Waals surface area contributed by atoms with Gasteiger partial charge in [0.2, 0.25) is 0 Å². The van der Waals surface area contributed by atoms with Crippen molar-refractivity contribution in [3.8, 4) is 16.9 Å². The molecule has 0 heterocycles. The fraction of sp³-hybridized carbons (Fsp3) is 0.182. The monoisotopic (exact) mass is 446 g/mol. The second-order valence-electron chi connectivity index (χ2n) is 7.14. The Morgan fingerprint density at radius 2 is 1.30 bits per heavy atom. The minimum absolute atomic E-state index is 0.0592. The molecule has 6 nitrogen and oxygen atoms in total. The van der Waals surface area contributed by atoms with Gasteiger partial charge in [-0.3, -0.25) is 4.57 Å². The molecule has 8 heteroatoms. The predicted octanol–water partition coefficient (Wildman–Crippen LogP) is 4.23. The maximum Gasteiger partial charge on any atom is 0.408 e. The highest BCUT2D eigenvalue weighted by Gasteiger charge is 2.26. The van der Waals surface area contributed by atoms with Crippen LogP contribution in [-0.4, -0.2) is 14.7 Å². The molecule has 3 rings (SSSR count). The van der Waals surface area contributed by atoms with Crippen molar-refractivity contribution >= 4 is 25.8 Å². The molecule has 1 atom stereocenters. The SMILES string of the molecule is CCc1cc(C)c(C)c(OP(=O)(O)c2ccc(-c3ccc(P(=O)(O)O)cc3)cc2)c1. The summed E-state index contributed by atoms with van der Waals surface area (Å²) in [4.78, 5) is 29.0. The van der Waals surface area contributed by atoms with Crippen LogP contribution in [0.1, 0.15) is 23.6 Å². The first-order valence-electron chi connectivity index (χ1n) is 9.41. The number of hydrogen-bond acceptors (Lipinski definition) is 3. The zero-order valence-corrected chi connectivity index (χ0v) is 18.7. The van der Waals surface area contributed by atoms with Gasteiger partial charge in [-0.2, -0.15) is 0 Å². The van der Waals surface area contributed by atoms with Crippen LogP contribution in [0.25, 0.3) is 11.1 Å². The number of benzene rings is 3. The number of rotatable bonds is 6. The number of aryl methyl sites for hydroxylation is 2. The standard InChI is InChI=1S/C22H24O6P2/c1-4-17-13-15(2)16(3)22(14-17)28-30(26,27)21-11-7-19(8-12-21)18-5-9-20(10-6-18)29(23,24)25/h5-14H,4H2,1-3H3,(H,26,27)(H2,23,24,25). The molecule has 0 aliphatic rings. The van der Waals surface area contributed by atoms with Gasteiger partial charge in [-0.05, 0) is 78.4 Å². The third-order valence-corrected chi connectivity index (χ3v) is 7.41. The molecule has 30 heavy (non-hydrogen) atoms. The second-order valence-corrected chi connectivity index (χ2v) is 10.5. The zero-order chi connectivity index (χ0) is 22.1. The van der Waals surface area contributed by atoms with Crippen LogP contribution in [0.3, 0.4) is 0 Å². The van der Waals surface area contributed by atoms with Crippen molar-refractivity contribution in [3.05, 3.63) is 77.4 Å². The third kappa shape index (κ3) is 4.92. The average Bonchev–Trinajstić information content (AvgIpc) is 2.70. The van der Waals surface area contributed by atoms with Crippen molar-refractivity contribution in [2.24, 2.45) is 0 Å². The molecule has 1 unspecified atom stereocenters. The molecule has 0 amide bonds. The Bertz CT molecular complexity index is 1150. The van der Waals surface area contributed by atoms with Crippen LogP contribution in [0.4, 0.5) is 0 Å². The summed E-state index contributed by atoms with van der Waals surface area (Å²) in [6, 6.07) is 16.2. The second kappa shape index (κ2) is 8.50. The van der Waals surface area contributed by atoms with Crippen molar-refractivity contribution in [2.75, 3.05) is 0 Å². The van der Waals surface area contributed by atoms with Gasteiger partial charge in [0.25, 0.3) is 0 Å². The van der Waals surface area contributed by atoms with Gasteiger partial charge < -0.3 is 19.2 Å². The molecule has 0 spiro atoms. The highest BCUT2D eigenvalue weighted by molar-refractivity contribution is 7.61. The third-order valence-electron chi connectivity index (χ3n) is 5.04. The minimum atomic E-state index is -4.29. The lowest BCUT2D eigenvalue weighted by atomic mass is 10.0. The molecule has 0 aromatic heterocycles. The first-order valence-corrected chi connectivity index (χ1v) is 12.6. The van der Waals surface area contributed by atoms with E-state index in [-0.39, 0.29) is 10.6 Å². The lowest BCUT2D eigenvalue weighted by Gasteiger charge is -2.17. The maximum absolute atomic E-state index is 12.9. The minimum Gasteiger partial charge on any atom is -0.421 e. The summed E-state index contributed by atoms with van der Waals surface area (Å²) in [5, 5.41) is 0.105. The smallest absolute Gasteiger partial charge is 0.408 e. The fourth-order valence-electron chi connectivity index (χ4n) is 3.07. The van der Waals surface area contributed by atoms with E-state index in [2.05, 4.69) is 0 Å². The van der Waals surface area contributed by atoms with Crippen LogP contribution in [0.15, 0.2) is 60.7 Å². The summed E-state index contributed by atoms with van der Waals surface area (Å²) < 4.78 is 29.8. The van der Waals surface area contributed by atoms with Gasteiger partial charge in [-0.1, -0.05) is 37.3 Å². The maximum atomic E-state index is 12.9. The van der Waals surface area contributed by atoms with Crippen LogP contribution < -0.4 is 15.1 Å². The molecule has 3 aromatic carbocycles. The van der Waals surface area contributed by atoms with E-state index >= 15 is 0 Å². The van der Waals surface area contributed by atoms with E-state index in [1.54, 1.807) is 30.3 Å². The molecule has 0 fully saturated rings. The first-order chi connectivity index (χ1) is 14.0. The average molecular weight is 446 g/mol. The topological polar surface area (TPSA) is 104 Å². The Morgan fingerprint density at radius 3 is 1.77 bits per heavy atom.